The average molecular weight is 409 g/mol. The maximum atomic E-state index is 12.2. The largest absolute Gasteiger partial charge is 0.467 e. The molecule has 0 aliphatic carbocycles. The van der Waals surface area contributed by atoms with Gasteiger partial charge >= 0.3 is 5.97 Å². The molecule has 5 heteroatoms. The van der Waals surface area contributed by atoms with Crippen molar-refractivity contribution in [3.05, 3.63) is 69.3 Å². The van der Waals surface area contributed by atoms with Gasteiger partial charge in [-0.1, -0.05) is 30.3 Å². The zero-order chi connectivity index (χ0) is 15.9. The standard InChI is InChI=1S/C17H16INO3/c1-22-17(21)15(11-12-6-5-9-14(18)10-12)19-16(20)13-7-3-2-4-8-13/h2-10,15H,11H2,1H3,(H,19,20)/t15-/m0/s1. The Morgan fingerprint density at radius 1 is 1.14 bits per heavy atom. The van der Waals surface area contributed by atoms with Gasteiger partial charge in [-0.15, -0.1) is 0 Å². The van der Waals surface area contributed by atoms with Crippen LogP contribution in [-0.4, -0.2) is 25.0 Å². The lowest BCUT2D eigenvalue weighted by Gasteiger charge is -2.17. The van der Waals surface area contributed by atoms with Crippen molar-refractivity contribution in [2.24, 2.45) is 0 Å². The summed E-state index contributed by atoms with van der Waals surface area (Å²) in [7, 11) is 1.32. The summed E-state index contributed by atoms with van der Waals surface area (Å²) in [5, 5.41) is 2.74. The summed E-state index contributed by atoms with van der Waals surface area (Å²) >= 11 is 2.21. The number of nitrogens with one attached hydrogen (secondary N) is 1. The van der Waals surface area contributed by atoms with Crippen LogP contribution in [0, 0.1) is 3.57 Å². The van der Waals surface area contributed by atoms with Crippen molar-refractivity contribution in [1.82, 2.24) is 5.32 Å². The molecule has 0 aromatic heterocycles. The molecule has 0 unspecified atom stereocenters. The van der Waals surface area contributed by atoms with Crippen LogP contribution in [0.25, 0.3) is 0 Å². The molecule has 2 rings (SSSR count). The normalized spacial score (nSPS) is 11.5. The minimum Gasteiger partial charge on any atom is -0.467 e. The fourth-order valence-corrected chi connectivity index (χ4v) is 2.67. The van der Waals surface area contributed by atoms with Crippen LogP contribution in [0.2, 0.25) is 0 Å². The van der Waals surface area contributed by atoms with Crippen molar-refractivity contribution in [2.45, 2.75) is 12.5 Å². The zero-order valence-electron chi connectivity index (χ0n) is 12.1. The third kappa shape index (κ3) is 4.56. The van der Waals surface area contributed by atoms with Gasteiger partial charge in [0.25, 0.3) is 5.91 Å². The number of esters is 1. The first kappa shape index (κ1) is 16.5. The molecule has 4 nitrogen and oxygen atoms in total. The third-order valence-electron chi connectivity index (χ3n) is 3.16. The van der Waals surface area contributed by atoms with Crippen LogP contribution in [0.3, 0.4) is 0 Å². The van der Waals surface area contributed by atoms with Crippen LogP contribution in [0.15, 0.2) is 54.6 Å². The highest BCUT2D eigenvalue weighted by atomic mass is 127. The van der Waals surface area contributed by atoms with Gasteiger partial charge < -0.3 is 10.1 Å². The van der Waals surface area contributed by atoms with Crippen molar-refractivity contribution in [1.29, 1.82) is 0 Å². The molecule has 1 N–H and O–H groups in total. The number of rotatable bonds is 5. The molecule has 22 heavy (non-hydrogen) atoms. The second kappa shape index (κ2) is 7.93. The van der Waals surface area contributed by atoms with Gasteiger partial charge in [0.2, 0.25) is 0 Å². The first-order valence-electron chi connectivity index (χ1n) is 6.78. The van der Waals surface area contributed by atoms with Crippen LogP contribution in [-0.2, 0) is 16.0 Å². The van der Waals surface area contributed by atoms with Crippen molar-refractivity contribution in [2.75, 3.05) is 7.11 Å². The van der Waals surface area contributed by atoms with Gasteiger partial charge in [-0.25, -0.2) is 4.79 Å². The maximum absolute atomic E-state index is 12.2. The van der Waals surface area contributed by atoms with E-state index >= 15 is 0 Å². The van der Waals surface area contributed by atoms with Gasteiger partial charge in [-0.2, -0.15) is 0 Å². The molecule has 0 saturated carbocycles. The lowest BCUT2D eigenvalue weighted by molar-refractivity contribution is -0.142. The molecule has 1 amide bonds. The molecule has 0 fully saturated rings. The average Bonchev–Trinajstić information content (AvgIpc) is 2.54. The van der Waals surface area contributed by atoms with Crippen molar-refractivity contribution >= 4 is 34.5 Å². The number of ether oxygens (including phenoxy) is 1. The highest BCUT2D eigenvalue weighted by Crippen LogP contribution is 2.11. The number of benzene rings is 2. The van der Waals surface area contributed by atoms with Crippen LogP contribution < -0.4 is 5.32 Å². The molecule has 0 spiro atoms. The maximum Gasteiger partial charge on any atom is 0.328 e. The lowest BCUT2D eigenvalue weighted by atomic mass is 10.1. The Balaban J connectivity index is 2.13. The summed E-state index contributed by atoms with van der Waals surface area (Å²) in [5.74, 6) is -0.746. The van der Waals surface area contributed by atoms with Crippen molar-refractivity contribution in [3.63, 3.8) is 0 Å². The molecule has 0 saturated heterocycles. The summed E-state index contributed by atoms with van der Waals surface area (Å²) in [6.45, 7) is 0. The van der Waals surface area contributed by atoms with Crippen LogP contribution in [0.4, 0.5) is 0 Å². The van der Waals surface area contributed by atoms with Gasteiger partial charge in [0, 0.05) is 15.6 Å². The minimum atomic E-state index is -0.712. The summed E-state index contributed by atoms with van der Waals surface area (Å²) < 4.78 is 5.87. The van der Waals surface area contributed by atoms with E-state index in [9.17, 15) is 9.59 Å². The first-order valence-corrected chi connectivity index (χ1v) is 7.86. The van der Waals surface area contributed by atoms with E-state index in [1.807, 2.05) is 30.3 Å². The van der Waals surface area contributed by atoms with E-state index in [2.05, 4.69) is 27.9 Å². The van der Waals surface area contributed by atoms with E-state index in [1.165, 1.54) is 7.11 Å². The van der Waals surface area contributed by atoms with E-state index in [0.717, 1.165) is 9.13 Å². The zero-order valence-corrected chi connectivity index (χ0v) is 14.2. The Morgan fingerprint density at radius 2 is 1.86 bits per heavy atom. The minimum absolute atomic E-state index is 0.290. The van der Waals surface area contributed by atoms with Gasteiger partial charge in [0.05, 0.1) is 7.11 Å². The number of methoxy groups -OCH3 is 1. The molecule has 0 heterocycles. The molecule has 0 aliphatic rings. The highest BCUT2D eigenvalue weighted by molar-refractivity contribution is 14.1. The number of carbonyl (C=O) groups is 2. The predicted molar refractivity (Wildman–Crippen MR) is 92.6 cm³/mol. The van der Waals surface area contributed by atoms with Gasteiger partial charge in [-0.3, -0.25) is 4.79 Å². The Hall–Kier alpha value is -1.89. The van der Waals surface area contributed by atoms with E-state index in [0.29, 0.717) is 12.0 Å². The lowest BCUT2D eigenvalue weighted by Crippen LogP contribution is -2.43. The SMILES string of the molecule is COC(=O)[C@H](Cc1cccc(I)c1)NC(=O)c1ccccc1. The number of hydrogen-bond donors (Lipinski definition) is 1. The summed E-state index contributed by atoms with van der Waals surface area (Å²) in [6, 6.07) is 15.9. The summed E-state index contributed by atoms with van der Waals surface area (Å²) in [5.41, 5.74) is 1.48. The predicted octanol–water partition coefficient (Wildman–Crippen LogP) is 2.81. The third-order valence-corrected chi connectivity index (χ3v) is 3.83. The van der Waals surface area contributed by atoms with Gasteiger partial charge in [0.1, 0.15) is 6.04 Å². The molecule has 0 radical (unpaired) electrons. The quantitative estimate of drug-likeness (QED) is 0.611. The Labute approximate surface area is 143 Å². The molecule has 114 valence electrons. The van der Waals surface area contributed by atoms with Crippen LogP contribution >= 0.6 is 22.6 Å². The van der Waals surface area contributed by atoms with Crippen LogP contribution in [0.5, 0.6) is 0 Å². The smallest absolute Gasteiger partial charge is 0.328 e. The van der Waals surface area contributed by atoms with E-state index in [4.69, 9.17) is 4.74 Å². The van der Waals surface area contributed by atoms with Crippen molar-refractivity contribution in [3.8, 4) is 0 Å². The second-order valence-corrected chi connectivity index (χ2v) is 5.99. The van der Waals surface area contributed by atoms with E-state index < -0.39 is 12.0 Å². The monoisotopic (exact) mass is 409 g/mol. The number of halogens is 1. The van der Waals surface area contributed by atoms with Gasteiger partial charge in [0.15, 0.2) is 0 Å². The summed E-state index contributed by atoms with van der Waals surface area (Å²) in [4.78, 5) is 24.1. The topological polar surface area (TPSA) is 55.4 Å². The first-order chi connectivity index (χ1) is 10.6. The highest BCUT2D eigenvalue weighted by Gasteiger charge is 2.22. The molecule has 2 aromatic carbocycles. The van der Waals surface area contributed by atoms with Crippen LogP contribution in [0.1, 0.15) is 15.9 Å². The molecule has 1 atom stereocenters. The molecule has 2 aromatic rings. The number of hydrogen-bond acceptors (Lipinski definition) is 3. The second-order valence-electron chi connectivity index (χ2n) is 4.75. The Kier molecular flexibility index (Phi) is 5.94. The molecular formula is C17H16INO3. The van der Waals surface area contributed by atoms with E-state index in [1.54, 1.807) is 24.3 Å². The number of carbonyl (C=O) groups excluding carboxylic acids is 2. The molecule has 0 aliphatic heterocycles. The fourth-order valence-electron chi connectivity index (χ4n) is 2.07. The Morgan fingerprint density at radius 3 is 2.50 bits per heavy atom. The van der Waals surface area contributed by atoms with Gasteiger partial charge in [-0.05, 0) is 52.4 Å². The fraction of sp³-hybridized carbons (Fsp3) is 0.176. The van der Waals surface area contributed by atoms with E-state index in [-0.39, 0.29) is 5.91 Å². The molecular weight excluding hydrogens is 393 g/mol. The summed E-state index contributed by atoms with van der Waals surface area (Å²) in [6.07, 6.45) is 0.391. The Bertz CT molecular complexity index is 658. The number of amides is 1. The van der Waals surface area contributed by atoms with Crippen molar-refractivity contribution < 1.29 is 14.3 Å². The molecule has 0 bridgehead atoms.